The number of methoxy groups -OCH3 is 1. The van der Waals surface area contributed by atoms with Crippen LogP contribution in [0.4, 0.5) is 18.9 Å². The summed E-state index contributed by atoms with van der Waals surface area (Å²) in [5, 5.41) is -0.102. The maximum Gasteiger partial charge on any atom is 0.586 e. The SMILES string of the molecule is COCc1nc(-c2ccc(Br)c3c2OC(F)(F)O3)c(F)c(N)c1Cl. The Kier molecular flexibility index (Phi) is 4.27. The summed E-state index contributed by atoms with van der Waals surface area (Å²) in [5.74, 6) is -1.57. The van der Waals surface area contributed by atoms with Crippen LogP contribution >= 0.6 is 27.5 Å². The first-order valence-corrected chi connectivity index (χ1v) is 7.63. The van der Waals surface area contributed by atoms with Crippen molar-refractivity contribution >= 4 is 33.2 Å². The third-order valence-corrected chi connectivity index (χ3v) is 4.27. The van der Waals surface area contributed by atoms with Crippen molar-refractivity contribution in [3.63, 3.8) is 0 Å². The Labute approximate surface area is 147 Å². The average molecular weight is 426 g/mol. The molecule has 0 saturated carbocycles. The number of ether oxygens (including phenoxy) is 3. The van der Waals surface area contributed by atoms with Crippen molar-refractivity contribution in [2.45, 2.75) is 12.9 Å². The standard InChI is InChI=1S/C14H9BrClF3N2O3/c1-22-4-7-8(16)10(20)9(17)11(21-7)5-2-3-6(15)13-12(5)23-14(18,19)24-13/h2-3H,4H2,1H3,(H2,20,21). The topological polar surface area (TPSA) is 66.6 Å². The highest BCUT2D eigenvalue weighted by atomic mass is 79.9. The molecule has 0 atom stereocenters. The fraction of sp³-hybridized carbons (Fsp3) is 0.214. The van der Waals surface area contributed by atoms with E-state index in [2.05, 4.69) is 30.4 Å². The number of nitrogen functional groups attached to an aromatic ring is 1. The summed E-state index contributed by atoms with van der Waals surface area (Å²) in [6.45, 7) is -0.0391. The summed E-state index contributed by atoms with van der Waals surface area (Å²) in [4.78, 5) is 4.04. The van der Waals surface area contributed by atoms with Gasteiger partial charge in [0, 0.05) is 12.7 Å². The van der Waals surface area contributed by atoms with Crippen molar-refractivity contribution in [3.8, 4) is 22.8 Å². The van der Waals surface area contributed by atoms with Crippen LogP contribution in [0.5, 0.6) is 11.5 Å². The molecule has 2 N–H and O–H groups in total. The normalized spacial score (nSPS) is 14.9. The van der Waals surface area contributed by atoms with Crippen LogP contribution in [0.2, 0.25) is 5.02 Å². The van der Waals surface area contributed by atoms with Crippen molar-refractivity contribution in [3.05, 3.63) is 33.1 Å². The van der Waals surface area contributed by atoms with Gasteiger partial charge in [-0.05, 0) is 28.1 Å². The monoisotopic (exact) mass is 424 g/mol. The van der Waals surface area contributed by atoms with Gasteiger partial charge in [0.15, 0.2) is 17.3 Å². The van der Waals surface area contributed by atoms with Crippen LogP contribution in [0.1, 0.15) is 5.69 Å². The Hall–Kier alpha value is -1.71. The summed E-state index contributed by atoms with van der Waals surface area (Å²) in [5.41, 5.74) is 5.10. The van der Waals surface area contributed by atoms with E-state index in [-0.39, 0.29) is 50.2 Å². The summed E-state index contributed by atoms with van der Waals surface area (Å²) in [7, 11) is 1.39. The molecule has 1 aromatic heterocycles. The quantitative estimate of drug-likeness (QED) is 0.792. The number of pyridine rings is 1. The van der Waals surface area contributed by atoms with E-state index in [1.54, 1.807) is 0 Å². The molecule has 2 aromatic rings. The molecule has 0 fully saturated rings. The second-order valence-corrected chi connectivity index (χ2v) is 6.03. The van der Waals surface area contributed by atoms with Crippen LogP contribution < -0.4 is 15.2 Å². The second kappa shape index (κ2) is 5.98. The molecule has 1 aliphatic rings. The molecule has 24 heavy (non-hydrogen) atoms. The van der Waals surface area contributed by atoms with E-state index < -0.39 is 12.1 Å². The van der Waals surface area contributed by atoms with Crippen molar-refractivity contribution in [1.29, 1.82) is 0 Å². The molecule has 0 aliphatic carbocycles. The van der Waals surface area contributed by atoms with E-state index in [0.29, 0.717) is 0 Å². The largest absolute Gasteiger partial charge is 0.586 e. The zero-order valence-electron chi connectivity index (χ0n) is 12.0. The zero-order valence-corrected chi connectivity index (χ0v) is 14.3. The first-order chi connectivity index (χ1) is 11.2. The molecule has 0 unspecified atom stereocenters. The highest BCUT2D eigenvalue weighted by molar-refractivity contribution is 9.10. The predicted molar refractivity (Wildman–Crippen MR) is 83.7 cm³/mol. The van der Waals surface area contributed by atoms with Gasteiger partial charge in [-0.25, -0.2) is 9.37 Å². The van der Waals surface area contributed by atoms with Crippen LogP contribution in [0, 0.1) is 5.82 Å². The van der Waals surface area contributed by atoms with E-state index in [9.17, 15) is 13.2 Å². The molecule has 0 bridgehead atoms. The van der Waals surface area contributed by atoms with Crippen LogP contribution in [-0.2, 0) is 11.3 Å². The van der Waals surface area contributed by atoms with Crippen LogP contribution in [0.3, 0.4) is 0 Å². The number of anilines is 1. The second-order valence-electron chi connectivity index (χ2n) is 4.80. The first kappa shape index (κ1) is 17.1. The number of hydrogen-bond donors (Lipinski definition) is 1. The van der Waals surface area contributed by atoms with E-state index in [0.717, 1.165) is 0 Å². The third-order valence-electron chi connectivity index (χ3n) is 3.22. The molecule has 5 nitrogen and oxygen atoms in total. The minimum absolute atomic E-state index is 0.0391. The third kappa shape index (κ3) is 2.76. The van der Waals surface area contributed by atoms with Gasteiger partial charge in [0.1, 0.15) is 5.69 Å². The fourth-order valence-corrected chi connectivity index (χ4v) is 2.78. The van der Waals surface area contributed by atoms with Gasteiger partial charge in [-0.2, -0.15) is 0 Å². The Bertz CT molecular complexity index is 836. The summed E-state index contributed by atoms with van der Waals surface area (Å²) in [6, 6.07) is 2.75. The predicted octanol–water partition coefficient (Wildman–Crippen LogP) is 4.35. The van der Waals surface area contributed by atoms with E-state index >= 15 is 0 Å². The van der Waals surface area contributed by atoms with Gasteiger partial charge in [0.05, 0.1) is 27.5 Å². The molecule has 0 amide bonds. The minimum atomic E-state index is -3.87. The summed E-state index contributed by atoms with van der Waals surface area (Å²) >= 11 is 9.00. The zero-order chi connectivity index (χ0) is 17.6. The van der Waals surface area contributed by atoms with Gasteiger partial charge < -0.3 is 19.9 Å². The smallest absolute Gasteiger partial charge is 0.395 e. The van der Waals surface area contributed by atoms with Crippen LogP contribution in [0.25, 0.3) is 11.3 Å². The van der Waals surface area contributed by atoms with Crippen molar-refractivity contribution in [1.82, 2.24) is 4.98 Å². The van der Waals surface area contributed by atoms with Crippen molar-refractivity contribution < 1.29 is 27.4 Å². The molecule has 2 heterocycles. The maximum absolute atomic E-state index is 14.5. The lowest BCUT2D eigenvalue weighted by atomic mass is 10.1. The van der Waals surface area contributed by atoms with Gasteiger partial charge in [-0.1, -0.05) is 11.6 Å². The molecule has 0 spiro atoms. The number of alkyl halides is 2. The Balaban J connectivity index is 2.23. The van der Waals surface area contributed by atoms with E-state index in [4.69, 9.17) is 22.1 Å². The van der Waals surface area contributed by atoms with Gasteiger partial charge in [0.2, 0.25) is 0 Å². The molecular weight excluding hydrogens is 417 g/mol. The van der Waals surface area contributed by atoms with Gasteiger partial charge in [-0.3, -0.25) is 0 Å². The molecule has 1 aromatic carbocycles. The minimum Gasteiger partial charge on any atom is -0.395 e. The molecule has 0 saturated heterocycles. The molecule has 3 rings (SSSR count). The van der Waals surface area contributed by atoms with Crippen LogP contribution in [0.15, 0.2) is 16.6 Å². The Morgan fingerprint density at radius 3 is 2.67 bits per heavy atom. The molecular formula is C14H9BrClF3N2O3. The number of nitrogens with zero attached hydrogens (tertiary/aromatic N) is 1. The summed E-state index contributed by atoms with van der Waals surface area (Å²) in [6.07, 6.45) is -3.87. The van der Waals surface area contributed by atoms with E-state index in [1.807, 2.05) is 0 Å². The lowest BCUT2D eigenvalue weighted by molar-refractivity contribution is -0.286. The molecule has 10 heteroatoms. The fourth-order valence-electron chi connectivity index (χ4n) is 2.20. The molecule has 1 aliphatic heterocycles. The Morgan fingerprint density at radius 1 is 1.33 bits per heavy atom. The Morgan fingerprint density at radius 2 is 2.00 bits per heavy atom. The van der Waals surface area contributed by atoms with Crippen molar-refractivity contribution in [2.24, 2.45) is 0 Å². The molecule has 128 valence electrons. The average Bonchev–Trinajstić information content (AvgIpc) is 2.85. The highest BCUT2D eigenvalue weighted by Crippen LogP contribution is 2.51. The number of fused-ring (bicyclic) bond motifs is 1. The lowest BCUT2D eigenvalue weighted by Crippen LogP contribution is -2.26. The number of benzene rings is 1. The number of nitrogens with two attached hydrogens (primary N) is 1. The number of rotatable bonds is 3. The van der Waals surface area contributed by atoms with Gasteiger partial charge in [0.25, 0.3) is 0 Å². The highest BCUT2D eigenvalue weighted by Gasteiger charge is 2.46. The van der Waals surface area contributed by atoms with Gasteiger partial charge in [-0.15, -0.1) is 8.78 Å². The van der Waals surface area contributed by atoms with E-state index in [1.165, 1.54) is 19.2 Å². The summed E-state index contributed by atoms with van der Waals surface area (Å²) < 4.78 is 55.4. The maximum atomic E-state index is 14.5. The first-order valence-electron chi connectivity index (χ1n) is 6.46. The van der Waals surface area contributed by atoms with Gasteiger partial charge >= 0.3 is 6.29 Å². The van der Waals surface area contributed by atoms with Crippen LogP contribution in [-0.4, -0.2) is 18.4 Å². The van der Waals surface area contributed by atoms with Crippen molar-refractivity contribution in [2.75, 3.05) is 12.8 Å². The number of aromatic nitrogens is 1. The number of hydrogen-bond acceptors (Lipinski definition) is 5. The molecule has 0 radical (unpaired) electrons. The lowest BCUT2D eigenvalue weighted by Gasteiger charge is -2.13. The number of halogens is 5.